The maximum Gasteiger partial charge on any atom is 0.234 e. The molecule has 7 nitrogen and oxygen atoms in total. The lowest BCUT2D eigenvalue weighted by Crippen LogP contribution is -2.14. The van der Waals surface area contributed by atoms with Crippen molar-refractivity contribution in [3.63, 3.8) is 0 Å². The number of para-hydroxylation sites is 1. The second-order valence-electron chi connectivity index (χ2n) is 6.97. The predicted molar refractivity (Wildman–Crippen MR) is 131 cm³/mol. The zero-order chi connectivity index (χ0) is 22.5. The molecule has 0 saturated carbocycles. The maximum atomic E-state index is 12.6. The molecule has 5 rings (SSSR count). The summed E-state index contributed by atoms with van der Waals surface area (Å²) in [5, 5.41) is 15.2. The average molecular weight is 471 g/mol. The van der Waals surface area contributed by atoms with Crippen LogP contribution < -0.4 is 5.32 Å². The van der Waals surface area contributed by atoms with E-state index in [2.05, 4.69) is 25.5 Å². The number of benzene rings is 2. The molecule has 0 atom stereocenters. The van der Waals surface area contributed by atoms with Crippen LogP contribution in [0.4, 0.5) is 5.69 Å². The molecule has 0 aliphatic carbocycles. The van der Waals surface area contributed by atoms with Crippen molar-refractivity contribution in [2.75, 3.05) is 11.1 Å². The van der Waals surface area contributed by atoms with Gasteiger partial charge in [-0.25, -0.2) is 4.98 Å². The highest BCUT2D eigenvalue weighted by molar-refractivity contribution is 7.99. The van der Waals surface area contributed by atoms with Crippen LogP contribution in [0.5, 0.6) is 0 Å². The third-order valence-corrected chi connectivity index (χ3v) is 6.50. The monoisotopic (exact) mass is 470 g/mol. The van der Waals surface area contributed by atoms with Crippen molar-refractivity contribution in [3.05, 3.63) is 90.7 Å². The molecule has 0 saturated heterocycles. The Morgan fingerprint density at radius 1 is 0.939 bits per heavy atom. The van der Waals surface area contributed by atoms with E-state index in [4.69, 9.17) is 0 Å². The highest BCUT2D eigenvalue weighted by Gasteiger charge is 2.17. The summed E-state index contributed by atoms with van der Waals surface area (Å²) in [4.78, 5) is 21.1. The van der Waals surface area contributed by atoms with E-state index < -0.39 is 0 Å². The maximum absolute atomic E-state index is 12.6. The smallest absolute Gasteiger partial charge is 0.234 e. The molecule has 9 heteroatoms. The summed E-state index contributed by atoms with van der Waals surface area (Å²) < 4.78 is 1.94. The van der Waals surface area contributed by atoms with Crippen LogP contribution in [0.1, 0.15) is 0 Å². The number of thioether (sulfide) groups is 1. The molecule has 3 heterocycles. The molecule has 1 amide bonds. The van der Waals surface area contributed by atoms with Gasteiger partial charge in [0.05, 0.1) is 5.75 Å². The number of rotatable bonds is 7. The highest BCUT2D eigenvalue weighted by Crippen LogP contribution is 2.28. The lowest BCUT2D eigenvalue weighted by Gasteiger charge is -2.10. The Morgan fingerprint density at radius 3 is 2.52 bits per heavy atom. The quantitative estimate of drug-likeness (QED) is 0.330. The number of nitrogens with zero attached hydrogens (tertiary/aromatic N) is 5. The Labute approximate surface area is 198 Å². The van der Waals surface area contributed by atoms with Crippen LogP contribution in [0.25, 0.3) is 27.6 Å². The van der Waals surface area contributed by atoms with E-state index >= 15 is 0 Å². The second-order valence-corrected chi connectivity index (χ2v) is 8.81. The third-order valence-electron chi connectivity index (χ3n) is 4.75. The summed E-state index contributed by atoms with van der Waals surface area (Å²) >= 11 is 2.91. The van der Waals surface area contributed by atoms with Gasteiger partial charge in [-0.05, 0) is 48.5 Å². The second kappa shape index (κ2) is 9.76. The molecule has 0 bridgehead atoms. The van der Waals surface area contributed by atoms with Crippen molar-refractivity contribution in [2.24, 2.45) is 0 Å². The van der Waals surface area contributed by atoms with Gasteiger partial charge < -0.3 is 5.32 Å². The van der Waals surface area contributed by atoms with E-state index in [1.54, 1.807) is 29.9 Å². The zero-order valence-corrected chi connectivity index (χ0v) is 19.0. The van der Waals surface area contributed by atoms with Gasteiger partial charge in [-0.15, -0.1) is 21.5 Å². The van der Waals surface area contributed by atoms with Gasteiger partial charge in [0.15, 0.2) is 11.0 Å². The largest absolute Gasteiger partial charge is 0.325 e. The summed E-state index contributed by atoms with van der Waals surface area (Å²) in [6, 6.07) is 21.3. The molecule has 0 radical (unpaired) electrons. The normalized spacial score (nSPS) is 10.8. The molecule has 5 aromatic rings. The predicted octanol–water partition coefficient (Wildman–Crippen LogP) is 5.18. The highest BCUT2D eigenvalue weighted by atomic mass is 32.2. The fourth-order valence-electron chi connectivity index (χ4n) is 3.24. The first-order valence-corrected chi connectivity index (χ1v) is 12.0. The van der Waals surface area contributed by atoms with Crippen LogP contribution in [0.3, 0.4) is 0 Å². The number of carbonyl (C=O) groups is 1. The first-order chi connectivity index (χ1) is 16.3. The average Bonchev–Trinajstić information content (AvgIpc) is 3.55. The van der Waals surface area contributed by atoms with E-state index in [1.807, 2.05) is 76.7 Å². The molecule has 33 heavy (non-hydrogen) atoms. The first kappa shape index (κ1) is 21.0. The van der Waals surface area contributed by atoms with Gasteiger partial charge in [0.2, 0.25) is 5.91 Å². The van der Waals surface area contributed by atoms with Gasteiger partial charge >= 0.3 is 0 Å². The van der Waals surface area contributed by atoms with Crippen LogP contribution in [0.2, 0.25) is 0 Å². The van der Waals surface area contributed by atoms with Crippen LogP contribution in [-0.4, -0.2) is 36.4 Å². The number of nitrogens with one attached hydrogen (secondary N) is 1. The number of pyridine rings is 1. The van der Waals surface area contributed by atoms with E-state index in [1.165, 1.54) is 11.8 Å². The molecule has 0 aliphatic heterocycles. The molecule has 0 aliphatic rings. The van der Waals surface area contributed by atoms with Gasteiger partial charge in [-0.1, -0.05) is 30.0 Å². The Morgan fingerprint density at radius 2 is 1.79 bits per heavy atom. The fraction of sp³-hybridized carbons (Fsp3) is 0.0417. The standard InChI is InChI=1S/C24H18N6OS2/c31-21(27-19-10-8-17(9-11-19)23-26-13-14-32-23)16-33-24-29-28-22(18-5-4-12-25-15-18)30(24)20-6-2-1-3-7-20/h1-15H,16H2,(H,27,31). The lowest BCUT2D eigenvalue weighted by molar-refractivity contribution is -0.113. The Kier molecular flexibility index (Phi) is 6.23. The minimum Gasteiger partial charge on any atom is -0.325 e. The zero-order valence-electron chi connectivity index (χ0n) is 17.3. The summed E-state index contributed by atoms with van der Waals surface area (Å²) in [5.41, 5.74) is 3.53. The topological polar surface area (TPSA) is 85.6 Å². The Bertz CT molecular complexity index is 1340. The molecular weight excluding hydrogens is 452 g/mol. The number of hydrogen-bond donors (Lipinski definition) is 1. The summed E-state index contributed by atoms with van der Waals surface area (Å²) in [6.45, 7) is 0. The van der Waals surface area contributed by atoms with Gasteiger partial charge in [0.25, 0.3) is 0 Å². The SMILES string of the molecule is O=C(CSc1nnc(-c2cccnc2)n1-c1ccccc1)Nc1ccc(-c2nccs2)cc1. The minimum atomic E-state index is -0.118. The van der Waals surface area contributed by atoms with Crippen molar-refractivity contribution in [2.45, 2.75) is 5.16 Å². The number of carbonyl (C=O) groups excluding carboxylic acids is 1. The molecule has 0 unspecified atom stereocenters. The Balaban J connectivity index is 1.31. The van der Waals surface area contributed by atoms with Crippen molar-refractivity contribution in [1.82, 2.24) is 24.7 Å². The van der Waals surface area contributed by atoms with Crippen molar-refractivity contribution >= 4 is 34.7 Å². The Hall–Kier alpha value is -3.82. The van der Waals surface area contributed by atoms with Crippen LogP contribution >= 0.6 is 23.1 Å². The van der Waals surface area contributed by atoms with E-state index in [9.17, 15) is 4.79 Å². The number of thiazole rings is 1. The number of aromatic nitrogens is 5. The van der Waals surface area contributed by atoms with E-state index in [0.717, 1.165) is 27.5 Å². The number of amides is 1. The van der Waals surface area contributed by atoms with E-state index in [-0.39, 0.29) is 11.7 Å². The number of anilines is 1. The van der Waals surface area contributed by atoms with Crippen LogP contribution in [0, 0.1) is 0 Å². The molecule has 2 aromatic carbocycles. The molecule has 3 aromatic heterocycles. The first-order valence-electron chi connectivity index (χ1n) is 10.1. The van der Waals surface area contributed by atoms with Gasteiger partial charge in [-0.3, -0.25) is 14.3 Å². The third kappa shape index (κ3) is 4.84. The summed E-state index contributed by atoms with van der Waals surface area (Å²) in [7, 11) is 0. The fourth-order valence-corrected chi connectivity index (χ4v) is 4.64. The molecule has 0 spiro atoms. The lowest BCUT2D eigenvalue weighted by atomic mass is 10.2. The summed E-state index contributed by atoms with van der Waals surface area (Å²) in [6.07, 6.45) is 5.25. The van der Waals surface area contributed by atoms with Crippen LogP contribution in [-0.2, 0) is 4.79 Å². The summed E-state index contributed by atoms with van der Waals surface area (Å²) in [5.74, 6) is 0.759. The number of hydrogen-bond acceptors (Lipinski definition) is 7. The van der Waals surface area contributed by atoms with Gasteiger partial charge in [0, 0.05) is 46.5 Å². The van der Waals surface area contributed by atoms with Crippen molar-refractivity contribution in [3.8, 4) is 27.6 Å². The minimum absolute atomic E-state index is 0.118. The molecule has 0 fully saturated rings. The van der Waals surface area contributed by atoms with Gasteiger partial charge in [0.1, 0.15) is 5.01 Å². The van der Waals surface area contributed by atoms with E-state index in [0.29, 0.717) is 11.0 Å². The van der Waals surface area contributed by atoms with Gasteiger partial charge in [-0.2, -0.15) is 0 Å². The molecule has 1 N–H and O–H groups in total. The molecular formula is C24H18N6OS2. The molecule has 162 valence electrons. The van der Waals surface area contributed by atoms with Crippen molar-refractivity contribution in [1.29, 1.82) is 0 Å². The van der Waals surface area contributed by atoms with Crippen LogP contribution in [0.15, 0.2) is 95.9 Å². The van der Waals surface area contributed by atoms with Crippen molar-refractivity contribution < 1.29 is 4.79 Å².